The molecule has 0 spiro atoms. The van der Waals surface area contributed by atoms with Crippen LogP contribution in [-0.2, 0) is 6.54 Å². The summed E-state index contributed by atoms with van der Waals surface area (Å²) in [6.07, 6.45) is 7.03. The Bertz CT molecular complexity index is 483. The summed E-state index contributed by atoms with van der Waals surface area (Å²) in [6, 6.07) is 5.22. The van der Waals surface area contributed by atoms with Crippen molar-refractivity contribution in [2.24, 2.45) is 0 Å². The predicted octanol–water partition coefficient (Wildman–Crippen LogP) is 4.87. The molecular weight excluding hydrogens is 368 g/mol. The summed E-state index contributed by atoms with van der Waals surface area (Å²) in [7, 11) is 2.42. The van der Waals surface area contributed by atoms with Crippen LogP contribution in [0.5, 0.6) is 0 Å². The zero-order valence-corrected chi connectivity index (χ0v) is 14.6. The van der Waals surface area contributed by atoms with Crippen molar-refractivity contribution >= 4 is 37.5 Å². The molecule has 4 heteroatoms. The molecule has 1 unspecified atom stereocenters. The lowest BCUT2D eigenvalue weighted by molar-refractivity contribution is -0.945. The highest BCUT2D eigenvalue weighted by molar-refractivity contribution is 9.11. The van der Waals surface area contributed by atoms with E-state index in [9.17, 15) is 0 Å². The Kier molecular flexibility index (Phi) is 3.93. The number of hydrogen-bond acceptors (Lipinski definition) is 1. The van der Waals surface area contributed by atoms with Crippen LogP contribution in [0.2, 0.25) is 0 Å². The summed E-state index contributed by atoms with van der Waals surface area (Å²) in [5, 5.41) is 3.65. The summed E-state index contributed by atoms with van der Waals surface area (Å²) in [5.41, 5.74) is 2.72. The second kappa shape index (κ2) is 5.38. The third-order valence-electron chi connectivity index (χ3n) is 4.74. The molecule has 104 valence electrons. The minimum absolute atomic E-state index is 0.826. The largest absolute Gasteiger partial charge is 0.337 e. The quantitative estimate of drug-likeness (QED) is 0.676. The van der Waals surface area contributed by atoms with Gasteiger partial charge in [-0.2, -0.15) is 0 Å². The van der Waals surface area contributed by atoms with Crippen molar-refractivity contribution in [3.05, 3.63) is 26.6 Å². The van der Waals surface area contributed by atoms with Crippen LogP contribution in [-0.4, -0.2) is 24.2 Å². The van der Waals surface area contributed by atoms with Crippen molar-refractivity contribution in [3.63, 3.8) is 0 Å². The van der Waals surface area contributed by atoms with E-state index in [2.05, 4.69) is 56.4 Å². The van der Waals surface area contributed by atoms with Crippen molar-refractivity contribution in [3.8, 4) is 0 Å². The summed E-state index contributed by atoms with van der Waals surface area (Å²) in [4.78, 5) is 0. The van der Waals surface area contributed by atoms with Gasteiger partial charge in [0.1, 0.15) is 6.54 Å². The molecule has 1 N–H and O–H groups in total. The van der Waals surface area contributed by atoms with Gasteiger partial charge in [-0.25, -0.2) is 0 Å². The number of anilines is 1. The highest BCUT2D eigenvalue weighted by Crippen LogP contribution is 2.38. The lowest BCUT2D eigenvalue weighted by atomic mass is 9.91. The fraction of sp³-hybridized carbons (Fsp3) is 0.600. The third-order valence-corrected chi connectivity index (χ3v) is 5.82. The molecule has 1 aromatic rings. The van der Waals surface area contributed by atoms with E-state index in [1.165, 1.54) is 47.8 Å². The van der Waals surface area contributed by atoms with Crippen molar-refractivity contribution in [1.82, 2.24) is 0 Å². The van der Waals surface area contributed by atoms with Crippen molar-refractivity contribution in [2.45, 2.75) is 44.7 Å². The van der Waals surface area contributed by atoms with Crippen molar-refractivity contribution in [2.75, 3.05) is 19.0 Å². The van der Waals surface area contributed by atoms with Crippen LogP contribution in [0.1, 0.15) is 37.7 Å². The Morgan fingerprint density at radius 2 is 1.89 bits per heavy atom. The molecule has 1 aliphatic heterocycles. The smallest absolute Gasteiger partial charge is 0.152 e. The van der Waals surface area contributed by atoms with Crippen LogP contribution in [0.4, 0.5) is 5.69 Å². The van der Waals surface area contributed by atoms with Gasteiger partial charge in [-0.05, 0) is 53.7 Å². The van der Waals surface area contributed by atoms with E-state index in [1.54, 1.807) is 0 Å². The Hall–Kier alpha value is -0.0600. The number of fused-ring (bicyclic) bond motifs is 1. The van der Waals surface area contributed by atoms with E-state index in [4.69, 9.17) is 0 Å². The van der Waals surface area contributed by atoms with Gasteiger partial charge in [-0.3, -0.25) is 0 Å². The van der Waals surface area contributed by atoms with Gasteiger partial charge in [0.15, 0.2) is 6.67 Å². The van der Waals surface area contributed by atoms with Crippen LogP contribution in [0.15, 0.2) is 21.1 Å². The van der Waals surface area contributed by atoms with Gasteiger partial charge in [-0.1, -0.05) is 22.4 Å². The maximum Gasteiger partial charge on any atom is 0.152 e. The van der Waals surface area contributed by atoms with Crippen molar-refractivity contribution < 1.29 is 4.48 Å². The maximum absolute atomic E-state index is 3.67. The molecule has 2 aliphatic rings. The summed E-state index contributed by atoms with van der Waals surface area (Å²) >= 11 is 7.28. The molecule has 0 radical (unpaired) electrons. The Balaban J connectivity index is 1.88. The second-order valence-corrected chi connectivity index (χ2v) is 7.96. The summed E-state index contributed by atoms with van der Waals surface area (Å²) in [5.74, 6) is 0. The standard InChI is InChI=1S/C15H21Br2N2/c1-19(13-5-3-2-4-6-13)9-11-7-12(16)8-14(17)15(11)18-10-19/h7-8,13,18H,2-6,9-10H2,1H3/q+1. The molecule has 1 saturated carbocycles. The number of halogens is 2. The summed E-state index contributed by atoms with van der Waals surface area (Å²) < 4.78 is 3.49. The molecule has 0 aromatic heterocycles. The monoisotopic (exact) mass is 387 g/mol. The molecule has 2 nitrogen and oxygen atoms in total. The highest BCUT2D eigenvalue weighted by Gasteiger charge is 2.37. The topological polar surface area (TPSA) is 12.0 Å². The van der Waals surface area contributed by atoms with Crippen molar-refractivity contribution in [1.29, 1.82) is 0 Å². The average molecular weight is 389 g/mol. The van der Waals surface area contributed by atoms with Gasteiger partial charge in [-0.15, -0.1) is 0 Å². The lowest BCUT2D eigenvalue weighted by Crippen LogP contribution is -2.56. The first-order chi connectivity index (χ1) is 9.08. The fourth-order valence-electron chi connectivity index (χ4n) is 3.62. The number of quaternary nitrogens is 1. The van der Waals surface area contributed by atoms with E-state index in [1.807, 2.05) is 0 Å². The van der Waals surface area contributed by atoms with Crippen LogP contribution in [0.3, 0.4) is 0 Å². The van der Waals surface area contributed by atoms with Crippen LogP contribution in [0.25, 0.3) is 0 Å². The molecule has 1 atom stereocenters. The molecule has 1 heterocycles. The van der Waals surface area contributed by atoms with E-state index < -0.39 is 0 Å². The molecule has 0 amide bonds. The average Bonchev–Trinajstić information content (AvgIpc) is 2.39. The molecule has 1 aliphatic carbocycles. The number of nitrogens with one attached hydrogen (secondary N) is 1. The first-order valence-corrected chi connectivity index (χ1v) is 8.73. The van der Waals surface area contributed by atoms with Gasteiger partial charge in [0.05, 0.1) is 18.8 Å². The van der Waals surface area contributed by atoms with Crippen LogP contribution in [0, 0.1) is 0 Å². The van der Waals surface area contributed by atoms with E-state index in [0.717, 1.165) is 28.2 Å². The normalized spacial score (nSPS) is 27.7. The highest BCUT2D eigenvalue weighted by atomic mass is 79.9. The van der Waals surface area contributed by atoms with E-state index in [0.29, 0.717) is 0 Å². The van der Waals surface area contributed by atoms with Gasteiger partial charge < -0.3 is 9.80 Å². The lowest BCUT2D eigenvalue weighted by Gasteiger charge is -2.46. The summed E-state index contributed by atoms with van der Waals surface area (Å²) in [6.45, 7) is 2.20. The number of hydrogen-bond donors (Lipinski definition) is 1. The Morgan fingerprint density at radius 1 is 1.16 bits per heavy atom. The van der Waals surface area contributed by atoms with Gasteiger partial charge >= 0.3 is 0 Å². The zero-order valence-electron chi connectivity index (χ0n) is 11.4. The minimum atomic E-state index is 0.826. The molecule has 0 saturated heterocycles. The van der Waals surface area contributed by atoms with Gasteiger partial charge in [0.25, 0.3) is 0 Å². The Labute approximate surface area is 132 Å². The second-order valence-electron chi connectivity index (χ2n) is 6.19. The SMILES string of the molecule is C[N+]1(C2CCCCC2)CNc2c(Br)cc(Br)cc2C1. The van der Waals surface area contributed by atoms with E-state index in [-0.39, 0.29) is 0 Å². The molecule has 1 fully saturated rings. The minimum Gasteiger partial charge on any atom is -0.337 e. The maximum atomic E-state index is 3.67. The first kappa shape index (κ1) is 13.9. The van der Waals surface area contributed by atoms with Crippen LogP contribution >= 0.6 is 31.9 Å². The molecule has 0 bridgehead atoms. The number of benzene rings is 1. The first-order valence-electron chi connectivity index (χ1n) is 7.14. The number of nitrogens with zero attached hydrogens (tertiary/aromatic N) is 1. The fourth-order valence-corrected chi connectivity index (χ4v) is 5.07. The molecule has 3 rings (SSSR count). The van der Waals surface area contributed by atoms with Crippen LogP contribution < -0.4 is 5.32 Å². The number of rotatable bonds is 1. The zero-order chi connectivity index (χ0) is 13.5. The molecule has 1 aromatic carbocycles. The van der Waals surface area contributed by atoms with Gasteiger partial charge in [0, 0.05) is 14.5 Å². The molecular formula is C15H21Br2N2+. The van der Waals surface area contributed by atoms with Gasteiger partial charge in [0.2, 0.25) is 0 Å². The predicted molar refractivity (Wildman–Crippen MR) is 87.1 cm³/mol. The Morgan fingerprint density at radius 3 is 2.63 bits per heavy atom. The van der Waals surface area contributed by atoms with E-state index >= 15 is 0 Å². The third kappa shape index (κ3) is 2.72. The molecule has 19 heavy (non-hydrogen) atoms.